The number of aromatic nitrogens is 3. The minimum Gasteiger partial charge on any atom is -0.493 e. The zero-order valence-corrected chi connectivity index (χ0v) is 16.4. The highest BCUT2D eigenvalue weighted by Gasteiger charge is 2.29. The van der Waals surface area contributed by atoms with Crippen LogP contribution in [0, 0.1) is 20.8 Å². The molecular weight excluding hydrogens is 372 g/mol. The van der Waals surface area contributed by atoms with E-state index in [9.17, 15) is 8.42 Å². The van der Waals surface area contributed by atoms with Crippen LogP contribution in [0.25, 0.3) is 11.5 Å². The molecule has 0 atom stereocenters. The SMILES string of the molecule is COc1ccc(NS(=O)(=O)c2c(C)[nH]c(C)c2-c2nc(C)no2)cc1OC. The van der Waals surface area contributed by atoms with Crippen molar-refractivity contribution in [1.82, 2.24) is 15.1 Å². The number of nitrogens with zero attached hydrogens (tertiary/aromatic N) is 2. The summed E-state index contributed by atoms with van der Waals surface area (Å²) in [5.74, 6) is 1.46. The topological polar surface area (TPSA) is 119 Å². The van der Waals surface area contributed by atoms with E-state index < -0.39 is 10.0 Å². The summed E-state index contributed by atoms with van der Waals surface area (Å²) in [6, 6.07) is 4.75. The van der Waals surface area contributed by atoms with Gasteiger partial charge in [0.2, 0.25) is 0 Å². The highest BCUT2D eigenvalue weighted by Crippen LogP contribution is 2.35. The molecule has 144 valence electrons. The van der Waals surface area contributed by atoms with E-state index in [4.69, 9.17) is 14.0 Å². The quantitative estimate of drug-likeness (QED) is 0.662. The van der Waals surface area contributed by atoms with Gasteiger partial charge in [0.1, 0.15) is 4.90 Å². The molecule has 0 amide bonds. The van der Waals surface area contributed by atoms with Gasteiger partial charge in [0.05, 0.1) is 25.5 Å². The summed E-state index contributed by atoms with van der Waals surface area (Å²) >= 11 is 0. The van der Waals surface area contributed by atoms with Gasteiger partial charge < -0.3 is 19.0 Å². The van der Waals surface area contributed by atoms with E-state index in [1.54, 1.807) is 39.0 Å². The lowest BCUT2D eigenvalue weighted by atomic mass is 10.2. The maximum Gasteiger partial charge on any atom is 0.264 e. The molecule has 10 heteroatoms. The monoisotopic (exact) mass is 392 g/mol. The van der Waals surface area contributed by atoms with Crippen molar-refractivity contribution in [3.8, 4) is 23.0 Å². The van der Waals surface area contributed by atoms with E-state index in [1.165, 1.54) is 14.2 Å². The number of sulfonamides is 1. The molecule has 0 spiro atoms. The minimum absolute atomic E-state index is 0.0541. The number of nitrogens with one attached hydrogen (secondary N) is 2. The second-order valence-corrected chi connectivity index (χ2v) is 7.52. The zero-order valence-electron chi connectivity index (χ0n) is 15.6. The second-order valence-electron chi connectivity index (χ2n) is 5.90. The van der Waals surface area contributed by atoms with Gasteiger partial charge in [0.15, 0.2) is 17.3 Å². The number of rotatable bonds is 6. The summed E-state index contributed by atoms with van der Waals surface area (Å²) in [6.45, 7) is 5.08. The number of H-pyrrole nitrogens is 1. The van der Waals surface area contributed by atoms with Crippen LogP contribution in [0.1, 0.15) is 17.2 Å². The molecule has 0 aliphatic carbocycles. The fourth-order valence-electron chi connectivity index (χ4n) is 2.86. The summed E-state index contributed by atoms with van der Waals surface area (Å²) in [4.78, 5) is 7.24. The van der Waals surface area contributed by atoms with Gasteiger partial charge >= 0.3 is 0 Å². The number of ether oxygens (including phenoxy) is 2. The van der Waals surface area contributed by atoms with Gasteiger partial charge in [0, 0.05) is 17.5 Å². The predicted molar refractivity (Wildman–Crippen MR) is 98.7 cm³/mol. The summed E-state index contributed by atoms with van der Waals surface area (Å²) in [5, 5.41) is 3.75. The Morgan fingerprint density at radius 3 is 2.37 bits per heavy atom. The van der Waals surface area contributed by atoms with E-state index >= 15 is 0 Å². The summed E-state index contributed by atoms with van der Waals surface area (Å²) in [5.41, 5.74) is 1.76. The standard InChI is InChI=1S/C17H20N4O5S/c1-9-15(17-19-11(3)20-26-17)16(10(2)18-9)27(22,23)21-12-6-7-13(24-4)14(8-12)25-5/h6-8,18,21H,1-5H3. The molecule has 27 heavy (non-hydrogen) atoms. The van der Waals surface area contributed by atoms with E-state index in [2.05, 4.69) is 19.8 Å². The summed E-state index contributed by atoms with van der Waals surface area (Å²) in [7, 11) is -0.958. The lowest BCUT2D eigenvalue weighted by Gasteiger charge is -2.12. The lowest BCUT2D eigenvalue weighted by Crippen LogP contribution is -2.14. The molecule has 0 unspecified atom stereocenters. The molecule has 0 aliphatic rings. The zero-order chi connectivity index (χ0) is 19.8. The van der Waals surface area contributed by atoms with Crippen molar-refractivity contribution >= 4 is 15.7 Å². The average Bonchev–Trinajstić information content (AvgIpc) is 3.16. The second kappa shape index (κ2) is 6.95. The molecule has 9 nitrogen and oxygen atoms in total. The van der Waals surface area contributed by atoms with Crippen LogP contribution in [-0.4, -0.2) is 37.8 Å². The van der Waals surface area contributed by atoms with Gasteiger partial charge in [-0.05, 0) is 32.9 Å². The molecule has 0 saturated heterocycles. The Morgan fingerprint density at radius 1 is 1.07 bits per heavy atom. The normalized spacial score (nSPS) is 11.4. The van der Waals surface area contributed by atoms with Crippen molar-refractivity contribution in [2.45, 2.75) is 25.7 Å². The number of hydrogen-bond acceptors (Lipinski definition) is 7. The lowest BCUT2D eigenvalue weighted by molar-refractivity contribution is 0.355. The van der Waals surface area contributed by atoms with Crippen LogP contribution in [0.3, 0.4) is 0 Å². The number of benzene rings is 1. The number of methoxy groups -OCH3 is 2. The highest BCUT2D eigenvalue weighted by atomic mass is 32.2. The minimum atomic E-state index is -3.94. The third-order valence-electron chi connectivity index (χ3n) is 3.96. The molecule has 2 aromatic heterocycles. The maximum atomic E-state index is 13.1. The Bertz CT molecular complexity index is 1080. The summed E-state index contributed by atoms with van der Waals surface area (Å²) < 4.78 is 44.3. The van der Waals surface area contributed by atoms with Crippen LogP contribution in [0.5, 0.6) is 11.5 Å². The Kier molecular flexibility index (Phi) is 4.83. The van der Waals surface area contributed by atoms with Crippen LogP contribution < -0.4 is 14.2 Å². The largest absolute Gasteiger partial charge is 0.493 e. The van der Waals surface area contributed by atoms with Crippen molar-refractivity contribution in [3.63, 3.8) is 0 Å². The van der Waals surface area contributed by atoms with Crippen molar-refractivity contribution in [2.24, 2.45) is 0 Å². The van der Waals surface area contributed by atoms with Gasteiger partial charge in [0.25, 0.3) is 15.9 Å². The average molecular weight is 392 g/mol. The third kappa shape index (κ3) is 3.47. The molecule has 0 bridgehead atoms. The first-order valence-electron chi connectivity index (χ1n) is 8.01. The molecular formula is C17H20N4O5S. The Hall–Kier alpha value is -3.01. The van der Waals surface area contributed by atoms with Gasteiger partial charge in [-0.25, -0.2) is 8.42 Å². The number of aromatic amines is 1. The molecule has 0 aliphatic heterocycles. The molecule has 2 heterocycles. The van der Waals surface area contributed by atoms with Gasteiger partial charge in [-0.3, -0.25) is 4.72 Å². The van der Waals surface area contributed by atoms with Crippen LogP contribution >= 0.6 is 0 Å². The van der Waals surface area contributed by atoms with Crippen molar-refractivity contribution in [2.75, 3.05) is 18.9 Å². The molecule has 2 N–H and O–H groups in total. The number of aryl methyl sites for hydroxylation is 3. The van der Waals surface area contributed by atoms with Gasteiger partial charge in [-0.2, -0.15) is 4.98 Å². The first-order chi connectivity index (χ1) is 12.8. The molecule has 3 aromatic rings. The van der Waals surface area contributed by atoms with Gasteiger partial charge in [-0.15, -0.1) is 0 Å². The van der Waals surface area contributed by atoms with E-state index in [1.807, 2.05) is 0 Å². The maximum absolute atomic E-state index is 13.1. The van der Waals surface area contributed by atoms with Crippen molar-refractivity contribution in [1.29, 1.82) is 0 Å². The van der Waals surface area contributed by atoms with Crippen LogP contribution in [0.4, 0.5) is 5.69 Å². The van der Waals surface area contributed by atoms with E-state index in [0.29, 0.717) is 40.0 Å². The fraction of sp³-hybridized carbons (Fsp3) is 0.294. The smallest absolute Gasteiger partial charge is 0.264 e. The molecule has 3 rings (SSSR count). The number of anilines is 1. The molecule has 1 aromatic carbocycles. The number of hydrogen-bond donors (Lipinski definition) is 2. The highest BCUT2D eigenvalue weighted by molar-refractivity contribution is 7.93. The van der Waals surface area contributed by atoms with Crippen molar-refractivity contribution < 1.29 is 22.4 Å². The first kappa shape index (κ1) is 18.8. The molecule has 0 saturated carbocycles. The van der Waals surface area contributed by atoms with Gasteiger partial charge in [-0.1, -0.05) is 5.16 Å². The van der Waals surface area contributed by atoms with E-state index in [-0.39, 0.29) is 10.8 Å². The predicted octanol–water partition coefficient (Wildman–Crippen LogP) is 2.81. The Morgan fingerprint density at radius 2 is 1.78 bits per heavy atom. The van der Waals surface area contributed by atoms with Crippen LogP contribution in [0.15, 0.2) is 27.6 Å². The molecule has 0 radical (unpaired) electrons. The van der Waals surface area contributed by atoms with Crippen molar-refractivity contribution in [3.05, 3.63) is 35.4 Å². The Labute approximate surface area is 156 Å². The fourth-order valence-corrected chi connectivity index (χ4v) is 4.36. The van der Waals surface area contributed by atoms with Crippen LogP contribution in [0.2, 0.25) is 0 Å². The Balaban J connectivity index is 2.06. The first-order valence-corrected chi connectivity index (χ1v) is 9.50. The van der Waals surface area contributed by atoms with E-state index in [0.717, 1.165) is 0 Å². The third-order valence-corrected chi connectivity index (χ3v) is 5.52. The van der Waals surface area contributed by atoms with Crippen LogP contribution in [-0.2, 0) is 10.0 Å². The summed E-state index contributed by atoms with van der Waals surface area (Å²) in [6.07, 6.45) is 0. The molecule has 0 fully saturated rings.